The van der Waals surface area contributed by atoms with Gasteiger partial charge in [-0.3, -0.25) is 0 Å². The van der Waals surface area contributed by atoms with E-state index >= 15 is 0 Å². The summed E-state index contributed by atoms with van der Waals surface area (Å²) in [4.78, 5) is 13.9. The van der Waals surface area contributed by atoms with E-state index in [1.54, 1.807) is 43.3 Å². The molecule has 0 bridgehead atoms. The molecule has 0 spiro atoms. The Morgan fingerprint density at radius 2 is 1.77 bits per heavy atom. The minimum Gasteiger partial charge on any atom is -0.497 e. The lowest BCUT2D eigenvalue weighted by atomic mass is 10.2. The smallest absolute Gasteiger partial charge is 0.321 e. The third-order valence-electron chi connectivity index (χ3n) is 3.87. The number of nitrogens with zero attached hydrogens (tertiary/aromatic N) is 1. The first-order valence-corrected chi connectivity index (χ1v) is 8.44. The molecule has 2 aromatic carbocycles. The number of anilines is 1. The maximum absolute atomic E-state index is 12.3. The Bertz CT molecular complexity index is 873. The second-order valence-electron chi connectivity index (χ2n) is 5.79. The molecule has 134 valence electrons. The predicted molar refractivity (Wildman–Crippen MR) is 103 cm³/mol. The summed E-state index contributed by atoms with van der Waals surface area (Å²) in [5.41, 5.74) is 1.63. The lowest BCUT2D eigenvalue weighted by molar-refractivity contribution is 0.217. The van der Waals surface area contributed by atoms with Crippen molar-refractivity contribution in [3.8, 4) is 17.1 Å². The third-order valence-corrected chi connectivity index (χ3v) is 4.12. The Morgan fingerprint density at radius 3 is 2.42 bits per heavy atom. The van der Waals surface area contributed by atoms with Gasteiger partial charge in [-0.25, -0.2) is 4.79 Å². The second-order valence-corrected chi connectivity index (χ2v) is 6.22. The molecule has 3 aromatic rings. The lowest BCUT2D eigenvalue weighted by Crippen LogP contribution is -2.30. The average molecular weight is 371 g/mol. The molecule has 0 atom stereocenters. The summed E-state index contributed by atoms with van der Waals surface area (Å²) < 4.78 is 10.9. The van der Waals surface area contributed by atoms with Gasteiger partial charge in [-0.15, -0.1) is 0 Å². The van der Waals surface area contributed by atoms with Crippen LogP contribution < -0.4 is 10.1 Å². The molecular formula is C20H19ClN2O3. The predicted octanol–water partition coefficient (Wildman–Crippen LogP) is 5.27. The molecule has 1 heterocycles. The number of amides is 2. The van der Waals surface area contributed by atoms with Crippen LogP contribution in [0.2, 0.25) is 5.02 Å². The first-order chi connectivity index (χ1) is 12.5. The monoisotopic (exact) mass is 370 g/mol. The van der Waals surface area contributed by atoms with Crippen LogP contribution in [0, 0.1) is 0 Å². The second kappa shape index (κ2) is 7.97. The minimum atomic E-state index is -0.223. The molecule has 1 aromatic heterocycles. The molecule has 5 nitrogen and oxygen atoms in total. The number of halogens is 1. The SMILES string of the molecule is COc1ccc(NC(=O)N(C)Cc2ccc(-c3ccc(Cl)cc3)o2)cc1. The van der Waals surface area contributed by atoms with E-state index in [2.05, 4.69) is 5.32 Å². The highest BCUT2D eigenvalue weighted by Crippen LogP contribution is 2.24. The van der Waals surface area contributed by atoms with Crippen molar-refractivity contribution in [1.29, 1.82) is 0 Å². The highest BCUT2D eigenvalue weighted by molar-refractivity contribution is 6.30. The van der Waals surface area contributed by atoms with Crippen molar-refractivity contribution < 1.29 is 13.9 Å². The Kier molecular flexibility index (Phi) is 5.49. The van der Waals surface area contributed by atoms with E-state index in [9.17, 15) is 4.79 Å². The van der Waals surface area contributed by atoms with Gasteiger partial charge in [0.05, 0.1) is 13.7 Å². The number of carbonyl (C=O) groups excluding carboxylic acids is 1. The van der Waals surface area contributed by atoms with Crippen LogP contribution in [0.3, 0.4) is 0 Å². The topological polar surface area (TPSA) is 54.7 Å². The number of benzene rings is 2. The summed E-state index contributed by atoms with van der Waals surface area (Å²) in [5, 5.41) is 3.51. The first kappa shape index (κ1) is 17.9. The van der Waals surface area contributed by atoms with Gasteiger partial charge in [0, 0.05) is 23.3 Å². The largest absolute Gasteiger partial charge is 0.497 e. The van der Waals surface area contributed by atoms with E-state index in [1.807, 2.05) is 36.4 Å². The van der Waals surface area contributed by atoms with Crippen LogP contribution in [0.5, 0.6) is 5.75 Å². The normalized spacial score (nSPS) is 10.4. The number of carbonyl (C=O) groups is 1. The number of ether oxygens (including phenoxy) is 1. The molecule has 0 saturated heterocycles. The minimum absolute atomic E-state index is 0.223. The molecular weight excluding hydrogens is 352 g/mol. The zero-order valence-corrected chi connectivity index (χ0v) is 15.3. The molecule has 0 saturated carbocycles. The number of nitrogens with one attached hydrogen (secondary N) is 1. The highest BCUT2D eigenvalue weighted by Gasteiger charge is 2.12. The average Bonchev–Trinajstić information content (AvgIpc) is 3.11. The standard InChI is InChI=1S/C20H19ClN2O3/c1-23(20(24)22-16-7-9-17(25-2)10-8-16)13-18-11-12-19(26-18)14-3-5-15(21)6-4-14/h3-12H,13H2,1-2H3,(H,22,24). The van der Waals surface area contributed by atoms with Gasteiger partial charge in [0.1, 0.15) is 17.3 Å². The first-order valence-electron chi connectivity index (χ1n) is 8.06. The number of hydrogen-bond donors (Lipinski definition) is 1. The van der Waals surface area contributed by atoms with E-state index in [0.29, 0.717) is 23.0 Å². The van der Waals surface area contributed by atoms with Crippen LogP contribution in [0.1, 0.15) is 5.76 Å². The molecule has 0 unspecified atom stereocenters. The van der Waals surface area contributed by atoms with Gasteiger partial charge in [-0.2, -0.15) is 0 Å². The lowest BCUT2D eigenvalue weighted by Gasteiger charge is -2.16. The van der Waals surface area contributed by atoms with Crippen LogP contribution in [-0.4, -0.2) is 25.1 Å². The van der Waals surface area contributed by atoms with Crippen molar-refractivity contribution in [3.05, 3.63) is 71.4 Å². The van der Waals surface area contributed by atoms with E-state index in [1.165, 1.54) is 0 Å². The summed E-state index contributed by atoms with van der Waals surface area (Å²) in [6, 6.07) is 18.1. The van der Waals surface area contributed by atoms with Crippen LogP contribution >= 0.6 is 11.6 Å². The summed E-state index contributed by atoms with van der Waals surface area (Å²) in [6.07, 6.45) is 0. The molecule has 2 amide bonds. The molecule has 0 aliphatic heterocycles. The number of methoxy groups -OCH3 is 1. The molecule has 26 heavy (non-hydrogen) atoms. The zero-order valence-electron chi connectivity index (χ0n) is 14.5. The Balaban J connectivity index is 1.61. The van der Waals surface area contributed by atoms with E-state index in [-0.39, 0.29) is 6.03 Å². The summed E-state index contributed by atoms with van der Waals surface area (Å²) in [5.74, 6) is 2.17. The van der Waals surface area contributed by atoms with Crippen molar-refractivity contribution in [2.45, 2.75) is 6.54 Å². The van der Waals surface area contributed by atoms with Gasteiger partial charge >= 0.3 is 6.03 Å². The number of hydrogen-bond acceptors (Lipinski definition) is 3. The molecule has 0 radical (unpaired) electrons. The zero-order chi connectivity index (χ0) is 18.5. The maximum Gasteiger partial charge on any atom is 0.321 e. The van der Waals surface area contributed by atoms with Crippen molar-refractivity contribution in [2.24, 2.45) is 0 Å². The fourth-order valence-corrected chi connectivity index (χ4v) is 2.56. The maximum atomic E-state index is 12.3. The van der Waals surface area contributed by atoms with E-state index < -0.39 is 0 Å². The van der Waals surface area contributed by atoms with E-state index in [0.717, 1.165) is 17.1 Å². The molecule has 1 N–H and O–H groups in total. The molecule has 3 rings (SSSR count). The van der Waals surface area contributed by atoms with E-state index in [4.69, 9.17) is 20.8 Å². The molecule has 0 fully saturated rings. The summed E-state index contributed by atoms with van der Waals surface area (Å²) in [7, 11) is 3.31. The Labute approximate surface area is 157 Å². The third kappa shape index (κ3) is 4.37. The summed E-state index contributed by atoms with van der Waals surface area (Å²) in [6.45, 7) is 0.357. The Hall–Kier alpha value is -2.92. The van der Waals surface area contributed by atoms with Crippen molar-refractivity contribution in [2.75, 3.05) is 19.5 Å². The van der Waals surface area contributed by atoms with Gasteiger partial charge in [0.2, 0.25) is 0 Å². The molecule has 6 heteroatoms. The highest BCUT2D eigenvalue weighted by atomic mass is 35.5. The van der Waals surface area contributed by atoms with Gasteiger partial charge in [-0.05, 0) is 60.7 Å². The fourth-order valence-electron chi connectivity index (χ4n) is 2.43. The van der Waals surface area contributed by atoms with Gasteiger partial charge in [-0.1, -0.05) is 11.6 Å². The molecule has 0 aliphatic rings. The molecule has 0 aliphatic carbocycles. The quantitative estimate of drug-likeness (QED) is 0.665. The van der Waals surface area contributed by atoms with Crippen LogP contribution in [0.25, 0.3) is 11.3 Å². The number of rotatable bonds is 5. The van der Waals surface area contributed by atoms with Gasteiger partial charge < -0.3 is 19.4 Å². The number of furan rings is 1. The van der Waals surface area contributed by atoms with Crippen molar-refractivity contribution in [3.63, 3.8) is 0 Å². The van der Waals surface area contributed by atoms with Crippen LogP contribution in [0.4, 0.5) is 10.5 Å². The number of urea groups is 1. The van der Waals surface area contributed by atoms with Crippen LogP contribution in [-0.2, 0) is 6.54 Å². The van der Waals surface area contributed by atoms with Crippen LogP contribution in [0.15, 0.2) is 65.1 Å². The van der Waals surface area contributed by atoms with Gasteiger partial charge in [0.25, 0.3) is 0 Å². The van der Waals surface area contributed by atoms with Crippen molar-refractivity contribution in [1.82, 2.24) is 4.90 Å². The summed E-state index contributed by atoms with van der Waals surface area (Å²) >= 11 is 5.90. The van der Waals surface area contributed by atoms with Gasteiger partial charge in [0.15, 0.2) is 0 Å². The fraction of sp³-hybridized carbons (Fsp3) is 0.150. The Morgan fingerprint density at radius 1 is 1.08 bits per heavy atom. The van der Waals surface area contributed by atoms with Crippen molar-refractivity contribution >= 4 is 23.3 Å².